The molecule has 7 aromatic carbocycles. The van der Waals surface area contributed by atoms with Crippen molar-refractivity contribution >= 4 is 93.3 Å². The largest absolute Gasteiger partial charge is 0.472 e. The van der Waals surface area contributed by atoms with Crippen LogP contribution in [0.3, 0.4) is 0 Å². The normalized spacial score (nSPS) is 11.6. The number of thiazole rings is 1. The Morgan fingerprint density at radius 3 is 1.02 bits per heavy atom. The van der Waals surface area contributed by atoms with Gasteiger partial charge in [0.05, 0.1) is 77.3 Å². The molecular weight excluding hydrogens is 1950 g/mol. The lowest BCUT2D eigenvalue weighted by molar-refractivity contribution is -0.0505. The van der Waals surface area contributed by atoms with Crippen LogP contribution < -0.4 is 60.1 Å². The molecule has 736 valence electrons. The SMILES string of the molecule is Cc1c2cc(-n3nc4ccc(OCC(F)F)nc4c(-c4ccc(OC(F)F)cc4)c3=O)ccc2nn1C.Cc1nc2ccc(-n3nc4ccc(OCC(F)F)nc4c(-c4ccc(OC(F)F)cc4)c3=O)cc2n1C.O=c1c(-c2ccc(OC(F)F)cc2)c2nc(OCC(F)F)ccc2nn1-c1ccc2nccn2c1.O=c1c(-c2ccc(OC(F)F)cc2)c2nc(OCC(F)F)ccc2nn1-c1ccc2ncsc2c1. The number of aromatic nitrogens is 19. The first kappa shape index (κ1) is 98.1. The number of hydrogen-bond acceptors (Lipinski definition) is 25. The molecule has 0 spiro atoms. The molecule has 0 saturated carbocycles. The van der Waals surface area contributed by atoms with Crippen molar-refractivity contribution in [3.8, 4) is 114 Å². The number of hydrogen-bond donors (Lipinski definition) is 0. The zero-order chi connectivity index (χ0) is 102. The van der Waals surface area contributed by atoms with Gasteiger partial charge in [-0.15, -0.1) is 11.3 Å². The summed E-state index contributed by atoms with van der Waals surface area (Å²) in [5.41, 5.74) is 9.11. The van der Waals surface area contributed by atoms with E-state index in [1.54, 1.807) is 99.9 Å². The van der Waals surface area contributed by atoms with Crippen molar-refractivity contribution in [3.05, 3.63) is 289 Å². The van der Waals surface area contributed by atoms with Crippen LogP contribution in [0.15, 0.2) is 256 Å². The summed E-state index contributed by atoms with van der Waals surface area (Å²) >= 11 is 1.40. The summed E-state index contributed by atoms with van der Waals surface area (Å²) < 4.78 is 250. The predicted molar refractivity (Wildman–Crippen MR) is 495 cm³/mol. The minimum absolute atomic E-state index is 0.0758. The highest BCUT2D eigenvalue weighted by molar-refractivity contribution is 7.16. The fourth-order valence-electron chi connectivity index (χ4n) is 15.0. The third-order valence-electron chi connectivity index (χ3n) is 21.6. The summed E-state index contributed by atoms with van der Waals surface area (Å²) in [5.74, 6) is -0.0350. The molecule has 0 atom stereocenters. The van der Waals surface area contributed by atoms with Gasteiger partial charge in [-0.05, 0) is 176 Å². The summed E-state index contributed by atoms with van der Waals surface area (Å²) in [7, 11) is 3.67. The van der Waals surface area contributed by atoms with Crippen LogP contribution in [0, 0.1) is 13.8 Å². The average molecular weight is 2010 g/mol. The molecule has 31 nitrogen and oxygen atoms in total. The topological polar surface area (TPSA) is 331 Å². The lowest BCUT2D eigenvalue weighted by Gasteiger charge is -2.13. The number of imidazole rings is 2. The van der Waals surface area contributed by atoms with E-state index < -0.39 is 101 Å². The molecule has 20 aromatic rings. The van der Waals surface area contributed by atoms with E-state index in [0.717, 1.165) is 43.7 Å². The number of ether oxygens (including phenoxy) is 8. The van der Waals surface area contributed by atoms with Crippen molar-refractivity contribution in [1.82, 2.24) is 92.8 Å². The summed E-state index contributed by atoms with van der Waals surface area (Å²) in [4.78, 5) is 84.7. The number of benzene rings is 7. The average Bonchev–Trinajstić information content (AvgIpc) is 1.36. The Hall–Kier alpha value is -17.5. The van der Waals surface area contributed by atoms with Gasteiger partial charge in [0.25, 0.3) is 47.9 Å². The molecule has 0 amide bonds. The Balaban J connectivity index is 0.000000132. The third-order valence-corrected chi connectivity index (χ3v) is 22.4. The van der Waals surface area contributed by atoms with Gasteiger partial charge in [-0.2, -0.15) is 79.3 Å². The highest BCUT2D eigenvalue weighted by atomic mass is 32.1. The van der Waals surface area contributed by atoms with Crippen LogP contribution in [0.4, 0.5) is 70.2 Å². The number of alkyl halides is 16. The zero-order valence-electron chi connectivity index (χ0n) is 74.3. The zero-order valence-corrected chi connectivity index (χ0v) is 75.1. The van der Waals surface area contributed by atoms with Gasteiger partial charge in [-0.1, -0.05) is 48.5 Å². The molecule has 0 aliphatic heterocycles. The molecule has 13 heterocycles. The lowest BCUT2D eigenvalue weighted by atomic mass is 10.1. The number of fused-ring (bicyclic) bond motifs is 8. The number of nitrogens with zero attached hydrogens (tertiary/aromatic N) is 19. The monoisotopic (exact) mass is 2010 g/mol. The Bertz CT molecular complexity index is 7930. The number of halogens is 16. The van der Waals surface area contributed by atoms with Gasteiger partial charge in [0.2, 0.25) is 23.5 Å². The maximum absolute atomic E-state index is 13.8. The fourth-order valence-corrected chi connectivity index (χ4v) is 15.7. The molecule has 144 heavy (non-hydrogen) atoms. The van der Waals surface area contributed by atoms with Crippen LogP contribution in [-0.2, 0) is 14.1 Å². The van der Waals surface area contributed by atoms with E-state index >= 15 is 0 Å². The van der Waals surface area contributed by atoms with Crippen molar-refractivity contribution < 1.29 is 108 Å². The van der Waals surface area contributed by atoms with E-state index in [2.05, 4.69) is 79.3 Å². The van der Waals surface area contributed by atoms with Crippen molar-refractivity contribution in [1.29, 1.82) is 0 Å². The molecule has 48 heteroatoms. The van der Waals surface area contributed by atoms with Crippen molar-refractivity contribution in [2.45, 2.75) is 66.0 Å². The molecule has 0 unspecified atom stereocenters. The molecule has 0 fully saturated rings. The maximum atomic E-state index is 13.8. The summed E-state index contributed by atoms with van der Waals surface area (Å²) in [5, 5.41) is 23.0. The van der Waals surface area contributed by atoms with E-state index in [1.807, 2.05) is 32.5 Å². The van der Waals surface area contributed by atoms with Gasteiger partial charge >= 0.3 is 26.4 Å². The maximum Gasteiger partial charge on any atom is 0.387 e. The number of pyridine rings is 5. The van der Waals surface area contributed by atoms with Crippen LogP contribution in [0.5, 0.6) is 46.5 Å². The molecule has 13 aromatic heterocycles. The highest BCUT2D eigenvalue weighted by Crippen LogP contribution is 2.36. The quantitative estimate of drug-likeness (QED) is 0.0411. The first-order valence-electron chi connectivity index (χ1n) is 42.4. The van der Waals surface area contributed by atoms with Crippen LogP contribution >= 0.6 is 11.3 Å². The molecule has 0 saturated heterocycles. The second kappa shape index (κ2) is 42.3. The molecule has 0 N–H and O–H groups in total. The summed E-state index contributed by atoms with van der Waals surface area (Å²) in [6.45, 7) is -11.8. The van der Waals surface area contributed by atoms with Gasteiger partial charge in [-0.25, -0.2) is 70.0 Å². The van der Waals surface area contributed by atoms with Gasteiger partial charge in [-0.3, -0.25) is 23.9 Å². The van der Waals surface area contributed by atoms with Crippen LogP contribution in [0.2, 0.25) is 0 Å². The Morgan fingerprint density at radius 1 is 0.333 bits per heavy atom. The second-order valence-corrected chi connectivity index (χ2v) is 31.6. The standard InChI is InChI=1S/2C25H19F4N5O3.C23H15F4N5O3.C23H14F4N4O3S/c1-13-17-11-15(5-8-18(17)31-33(13)2)34-24(35)22(14-3-6-16(7-4-14)37-25(28)29)23-19(32-34)9-10-21(30-23)36-12-20(26)27;1-13-30-17-8-5-15(11-19(17)33(13)2)34-24(35)22(14-3-6-16(7-4-14)37-25(28)29)23-18(32-34)9-10-21(31-23)36-12-20(26)27;24-17(25)12-34-19-8-6-16-21(29-19)20(13-1-4-15(5-2-13)35-23(26)27)22(33)32(30-16)14-3-7-18-28-9-10-31(18)11-14;24-18(25)10-33-19-8-7-16-21(29-19)20(12-1-4-14(5-2-12)34-23(26)27)22(32)31(30-16)13-3-6-15-17(9-13)35-11-28-15/h2*3-11,20,25H,12H2,1-2H3;1-11,17,23H,12H2;1-9,11,18,23H,10H2. The lowest BCUT2D eigenvalue weighted by Crippen LogP contribution is -2.24. The van der Waals surface area contributed by atoms with Crippen LogP contribution in [0.25, 0.3) is 149 Å². The van der Waals surface area contributed by atoms with Gasteiger partial charge in [0.15, 0.2) is 26.4 Å². The number of rotatable bonds is 28. The van der Waals surface area contributed by atoms with E-state index in [-0.39, 0.29) is 107 Å². The van der Waals surface area contributed by atoms with Gasteiger partial charge in [0, 0.05) is 68.0 Å². The van der Waals surface area contributed by atoms with Gasteiger partial charge in [0.1, 0.15) is 78.6 Å². The minimum Gasteiger partial charge on any atom is -0.472 e. The highest BCUT2D eigenvalue weighted by Gasteiger charge is 2.27. The van der Waals surface area contributed by atoms with Crippen molar-refractivity contribution in [3.63, 3.8) is 0 Å². The summed E-state index contributed by atoms with van der Waals surface area (Å²) in [6.07, 6.45) is -5.86. The van der Waals surface area contributed by atoms with E-state index in [0.29, 0.717) is 56.2 Å². The minimum atomic E-state index is -3.01. The Labute approximate surface area is 800 Å². The second-order valence-electron chi connectivity index (χ2n) is 30.7. The fraction of sp³-hybridized carbons (Fsp3) is 0.167. The van der Waals surface area contributed by atoms with Gasteiger partial charge < -0.3 is 46.9 Å². The third kappa shape index (κ3) is 21.9. The Morgan fingerprint density at radius 2 is 0.660 bits per heavy atom. The Kier molecular flexibility index (Phi) is 28.8. The summed E-state index contributed by atoms with van der Waals surface area (Å²) in [6, 6.07) is 52.3. The molecule has 0 radical (unpaired) electrons. The smallest absolute Gasteiger partial charge is 0.387 e. The molecule has 0 aliphatic rings. The van der Waals surface area contributed by atoms with Crippen molar-refractivity contribution in [2.24, 2.45) is 14.1 Å². The molecule has 20 rings (SSSR count). The predicted octanol–water partition coefficient (Wildman–Crippen LogP) is 19.4. The first-order chi connectivity index (χ1) is 69.2. The van der Waals surface area contributed by atoms with E-state index in [9.17, 15) is 89.4 Å². The van der Waals surface area contributed by atoms with Crippen LogP contribution in [-0.4, -0.2) is 171 Å². The number of aryl methyl sites for hydroxylation is 4. The molecule has 0 bridgehead atoms. The molecule has 0 aliphatic carbocycles. The van der Waals surface area contributed by atoms with Crippen molar-refractivity contribution in [2.75, 3.05) is 26.4 Å². The van der Waals surface area contributed by atoms with E-state index in [4.69, 9.17) is 18.9 Å². The van der Waals surface area contributed by atoms with Crippen LogP contribution in [0.1, 0.15) is 11.5 Å². The van der Waals surface area contributed by atoms with E-state index in [1.165, 1.54) is 176 Å². The first-order valence-corrected chi connectivity index (χ1v) is 43.3. The molecular formula is C96H67F16N19O12S.